The van der Waals surface area contributed by atoms with Gasteiger partial charge in [-0.1, -0.05) is 0 Å². The summed E-state index contributed by atoms with van der Waals surface area (Å²) in [4.78, 5) is 41.3. The highest BCUT2D eigenvalue weighted by atomic mass is 16.5. The molecule has 2 saturated heterocycles. The van der Waals surface area contributed by atoms with E-state index in [1.165, 1.54) is 0 Å². The number of ether oxygens (including phenoxy) is 1. The quantitative estimate of drug-likeness (QED) is 0.772. The summed E-state index contributed by atoms with van der Waals surface area (Å²) in [5.41, 5.74) is 1.53. The van der Waals surface area contributed by atoms with Crippen LogP contribution in [0.1, 0.15) is 43.0 Å². The van der Waals surface area contributed by atoms with Crippen LogP contribution in [0.15, 0.2) is 30.7 Å². The Morgan fingerprint density at radius 1 is 1.17 bits per heavy atom. The van der Waals surface area contributed by atoms with Crippen LogP contribution in [0.4, 0.5) is 0 Å². The Kier molecular flexibility index (Phi) is 5.69. The molecule has 2 aliphatic rings. The van der Waals surface area contributed by atoms with Gasteiger partial charge in [0.25, 0.3) is 0 Å². The average molecular weight is 395 g/mol. The first-order chi connectivity index (χ1) is 14.1. The highest BCUT2D eigenvalue weighted by Crippen LogP contribution is 2.33. The summed E-state index contributed by atoms with van der Waals surface area (Å²) in [6, 6.07) is 3.67. The predicted octanol–water partition coefficient (Wildman–Crippen LogP) is 2.30. The van der Waals surface area contributed by atoms with Gasteiger partial charge in [0, 0.05) is 50.6 Å². The van der Waals surface area contributed by atoms with Gasteiger partial charge in [0.2, 0.25) is 17.7 Å². The molecule has 0 N–H and O–H groups in total. The van der Waals surface area contributed by atoms with Crippen molar-refractivity contribution in [2.75, 3.05) is 26.2 Å². The van der Waals surface area contributed by atoms with Crippen molar-refractivity contribution < 1.29 is 14.3 Å². The molecule has 4 heterocycles. The summed E-state index contributed by atoms with van der Waals surface area (Å²) in [6.45, 7) is 3.99. The second-order valence-corrected chi connectivity index (χ2v) is 7.53. The molecule has 2 fully saturated rings. The molecule has 29 heavy (non-hydrogen) atoms. The third-order valence-electron chi connectivity index (χ3n) is 5.51. The van der Waals surface area contributed by atoms with Crippen molar-refractivity contribution in [3.05, 3.63) is 42.1 Å². The normalized spacial score (nSPS) is 19.5. The SMILES string of the molecule is Cc1ncccc1Oc1nccnc1[C@H]1CCCN(C(=O)CN2CCCC2=O)C1. The average Bonchev–Trinajstić information content (AvgIpc) is 3.14. The van der Waals surface area contributed by atoms with Gasteiger partial charge in [-0.25, -0.2) is 4.98 Å². The van der Waals surface area contributed by atoms with Crippen molar-refractivity contribution in [2.45, 2.75) is 38.5 Å². The lowest BCUT2D eigenvalue weighted by Gasteiger charge is -2.33. The summed E-state index contributed by atoms with van der Waals surface area (Å²) in [6.07, 6.45) is 8.15. The molecular formula is C21H25N5O3. The standard InChI is InChI=1S/C21H25N5O3/c1-15-17(6-2-8-22-15)29-21-20(23-9-10-24-21)16-5-3-11-25(13-16)19(28)14-26-12-4-7-18(26)27/h2,6,8-10,16H,3-5,7,11-14H2,1H3/t16-/m0/s1. The zero-order valence-electron chi connectivity index (χ0n) is 16.6. The fraction of sp³-hybridized carbons (Fsp3) is 0.476. The van der Waals surface area contributed by atoms with E-state index < -0.39 is 0 Å². The highest BCUT2D eigenvalue weighted by molar-refractivity contribution is 5.86. The largest absolute Gasteiger partial charge is 0.435 e. The van der Waals surface area contributed by atoms with Crippen molar-refractivity contribution >= 4 is 11.8 Å². The smallest absolute Gasteiger partial charge is 0.242 e. The minimum absolute atomic E-state index is 0.000544. The minimum Gasteiger partial charge on any atom is -0.435 e. The molecule has 0 radical (unpaired) electrons. The number of aryl methyl sites for hydroxylation is 1. The van der Waals surface area contributed by atoms with E-state index in [2.05, 4.69) is 15.0 Å². The van der Waals surface area contributed by atoms with Crippen molar-refractivity contribution in [3.63, 3.8) is 0 Å². The molecule has 2 aromatic heterocycles. The number of likely N-dealkylation sites (tertiary alicyclic amines) is 2. The number of nitrogens with zero attached hydrogens (tertiary/aromatic N) is 5. The molecule has 8 nitrogen and oxygen atoms in total. The van der Waals surface area contributed by atoms with Gasteiger partial charge in [0.05, 0.1) is 12.2 Å². The Hall–Kier alpha value is -3.03. The number of rotatable bonds is 5. The molecule has 0 unspecified atom stereocenters. The Morgan fingerprint density at radius 2 is 2.03 bits per heavy atom. The van der Waals surface area contributed by atoms with Gasteiger partial charge in [-0.05, 0) is 38.3 Å². The number of amides is 2. The van der Waals surface area contributed by atoms with Crippen LogP contribution in [0.5, 0.6) is 11.6 Å². The maximum atomic E-state index is 12.8. The molecule has 0 spiro atoms. The van der Waals surface area contributed by atoms with E-state index >= 15 is 0 Å². The molecule has 0 aliphatic carbocycles. The van der Waals surface area contributed by atoms with Crippen LogP contribution in [-0.2, 0) is 9.59 Å². The van der Waals surface area contributed by atoms with Gasteiger partial charge >= 0.3 is 0 Å². The maximum Gasteiger partial charge on any atom is 0.242 e. The minimum atomic E-state index is -0.000544. The number of pyridine rings is 1. The molecule has 0 bridgehead atoms. The van der Waals surface area contributed by atoms with Crippen molar-refractivity contribution in [1.82, 2.24) is 24.8 Å². The summed E-state index contributed by atoms with van der Waals surface area (Å²) < 4.78 is 6.02. The molecule has 1 atom stereocenters. The first-order valence-electron chi connectivity index (χ1n) is 10.1. The third kappa shape index (κ3) is 4.36. The molecule has 4 rings (SSSR count). The van der Waals surface area contributed by atoms with Crippen LogP contribution in [0.3, 0.4) is 0 Å². The maximum absolute atomic E-state index is 12.8. The summed E-state index contributed by atoms with van der Waals surface area (Å²) in [5.74, 6) is 1.22. The lowest BCUT2D eigenvalue weighted by Crippen LogP contribution is -2.45. The van der Waals surface area contributed by atoms with Crippen molar-refractivity contribution in [3.8, 4) is 11.6 Å². The Bertz CT molecular complexity index is 903. The first kappa shape index (κ1) is 19.3. The van der Waals surface area contributed by atoms with Gasteiger partial charge in [-0.15, -0.1) is 0 Å². The van der Waals surface area contributed by atoms with E-state index in [1.807, 2.05) is 24.0 Å². The van der Waals surface area contributed by atoms with Gasteiger partial charge < -0.3 is 14.5 Å². The molecular weight excluding hydrogens is 370 g/mol. The van der Waals surface area contributed by atoms with Gasteiger partial charge in [0.15, 0.2) is 5.75 Å². The van der Waals surface area contributed by atoms with Crippen molar-refractivity contribution in [2.24, 2.45) is 0 Å². The van der Waals surface area contributed by atoms with Crippen LogP contribution in [0.25, 0.3) is 0 Å². The summed E-state index contributed by atoms with van der Waals surface area (Å²) in [7, 11) is 0. The number of aromatic nitrogens is 3. The monoisotopic (exact) mass is 395 g/mol. The molecule has 0 saturated carbocycles. The van der Waals surface area contributed by atoms with E-state index in [-0.39, 0.29) is 24.3 Å². The van der Waals surface area contributed by atoms with Crippen LogP contribution in [-0.4, -0.2) is 62.7 Å². The molecule has 0 aromatic carbocycles. The Labute approximate surface area is 169 Å². The van der Waals surface area contributed by atoms with Crippen LogP contribution in [0.2, 0.25) is 0 Å². The van der Waals surface area contributed by atoms with E-state index in [1.54, 1.807) is 23.5 Å². The van der Waals surface area contributed by atoms with Gasteiger partial charge in [0.1, 0.15) is 5.69 Å². The van der Waals surface area contributed by atoms with Crippen molar-refractivity contribution in [1.29, 1.82) is 0 Å². The first-order valence-corrected chi connectivity index (χ1v) is 10.1. The summed E-state index contributed by atoms with van der Waals surface area (Å²) >= 11 is 0. The van der Waals surface area contributed by atoms with Crippen LogP contribution < -0.4 is 4.74 Å². The second kappa shape index (κ2) is 8.55. The third-order valence-corrected chi connectivity index (χ3v) is 5.51. The topological polar surface area (TPSA) is 88.5 Å². The zero-order chi connectivity index (χ0) is 20.2. The molecule has 152 valence electrons. The molecule has 2 aliphatic heterocycles. The number of hydrogen-bond acceptors (Lipinski definition) is 6. The second-order valence-electron chi connectivity index (χ2n) is 7.53. The number of piperidine rings is 1. The lowest BCUT2D eigenvalue weighted by atomic mass is 9.94. The van der Waals surface area contributed by atoms with E-state index in [0.717, 1.165) is 30.7 Å². The molecule has 8 heteroatoms. The molecule has 2 aromatic rings. The van der Waals surface area contributed by atoms with Crippen LogP contribution >= 0.6 is 0 Å². The van der Waals surface area contributed by atoms with Crippen LogP contribution in [0, 0.1) is 6.92 Å². The van der Waals surface area contributed by atoms with Gasteiger partial charge in [-0.3, -0.25) is 19.6 Å². The number of carbonyl (C=O) groups is 2. The summed E-state index contributed by atoms with van der Waals surface area (Å²) in [5, 5.41) is 0. The fourth-order valence-electron chi connectivity index (χ4n) is 3.94. The van der Waals surface area contributed by atoms with Gasteiger partial charge in [-0.2, -0.15) is 0 Å². The fourth-order valence-corrected chi connectivity index (χ4v) is 3.94. The Balaban J connectivity index is 1.48. The number of hydrogen-bond donors (Lipinski definition) is 0. The zero-order valence-corrected chi connectivity index (χ0v) is 16.6. The molecule has 2 amide bonds. The van der Waals surface area contributed by atoms with E-state index in [4.69, 9.17) is 4.74 Å². The Morgan fingerprint density at radius 3 is 2.83 bits per heavy atom. The van der Waals surface area contributed by atoms with E-state index in [9.17, 15) is 9.59 Å². The van der Waals surface area contributed by atoms with E-state index in [0.29, 0.717) is 37.7 Å². The highest BCUT2D eigenvalue weighted by Gasteiger charge is 2.31. The predicted molar refractivity (Wildman–Crippen MR) is 105 cm³/mol. The number of carbonyl (C=O) groups excluding carboxylic acids is 2. The lowest BCUT2D eigenvalue weighted by molar-refractivity contribution is -0.139.